The Kier molecular flexibility index (Phi) is 3.39. The zero-order valence-corrected chi connectivity index (χ0v) is 10.8. The first kappa shape index (κ1) is 11.9. The molecule has 2 atom stereocenters. The van der Waals surface area contributed by atoms with E-state index in [2.05, 4.69) is 17.3 Å². The summed E-state index contributed by atoms with van der Waals surface area (Å²) in [6.45, 7) is 4.09. The van der Waals surface area contributed by atoms with E-state index in [9.17, 15) is 0 Å². The first-order valence-corrected chi connectivity index (χ1v) is 7.02. The lowest BCUT2D eigenvalue weighted by molar-refractivity contribution is -0.189. The molecule has 3 fully saturated rings. The minimum absolute atomic E-state index is 0.260. The molecule has 0 bridgehead atoms. The quantitative estimate of drug-likeness (QED) is 0.780. The Balaban J connectivity index is 1.67. The van der Waals surface area contributed by atoms with Crippen molar-refractivity contribution < 1.29 is 9.47 Å². The Labute approximate surface area is 104 Å². The fourth-order valence-electron chi connectivity index (χ4n) is 3.71. The van der Waals surface area contributed by atoms with E-state index in [0.717, 1.165) is 26.1 Å². The van der Waals surface area contributed by atoms with Gasteiger partial charge in [-0.15, -0.1) is 0 Å². The molecule has 1 saturated carbocycles. The highest BCUT2D eigenvalue weighted by molar-refractivity contribution is 4.96. The number of likely N-dealkylation sites (N-methyl/N-ethyl adjacent to an activating group) is 1. The van der Waals surface area contributed by atoms with Gasteiger partial charge in [-0.3, -0.25) is 4.90 Å². The Morgan fingerprint density at radius 1 is 1.18 bits per heavy atom. The van der Waals surface area contributed by atoms with Crippen LogP contribution >= 0.6 is 0 Å². The zero-order valence-electron chi connectivity index (χ0n) is 10.8. The fourth-order valence-corrected chi connectivity index (χ4v) is 3.71. The van der Waals surface area contributed by atoms with Crippen LogP contribution < -0.4 is 5.32 Å². The van der Waals surface area contributed by atoms with Crippen LogP contribution in [0.25, 0.3) is 0 Å². The number of rotatable bonds is 2. The van der Waals surface area contributed by atoms with Crippen LogP contribution in [-0.4, -0.2) is 56.1 Å². The maximum atomic E-state index is 5.84. The Bertz CT molecular complexity index is 260. The molecule has 0 aromatic rings. The summed E-state index contributed by atoms with van der Waals surface area (Å²) in [6.07, 6.45) is 6.00. The first-order valence-electron chi connectivity index (χ1n) is 7.02. The molecule has 4 heteroatoms. The van der Waals surface area contributed by atoms with E-state index >= 15 is 0 Å². The van der Waals surface area contributed by atoms with Crippen LogP contribution in [0.1, 0.15) is 32.1 Å². The number of hydrogen-bond acceptors (Lipinski definition) is 4. The number of ether oxygens (including phenoxy) is 2. The van der Waals surface area contributed by atoms with E-state index in [0.29, 0.717) is 12.1 Å². The molecule has 3 aliphatic rings. The van der Waals surface area contributed by atoms with Gasteiger partial charge in [-0.05, 0) is 39.4 Å². The summed E-state index contributed by atoms with van der Waals surface area (Å²) < 4.78 is 11.7. The van der Waals surface area contributed by atoms with Gasteiger partial charge in [0.15, 0.2) is 5.79 Å². The number of hydrogen-bond donors (Lipinski definition) is 1. The Hall–Kier alpha value is -0.160. The molecule has 1 spiro atoms. The predicted molar refractivity (Wildman–Crippen MR) is 65.9 cm³/mol. The van der Waals surface area contributed by atoms with Crippen molar-refractivity contribution in [3.8, 4) is 0 Å². The van der Waals surface area contributed by atoms with Crippen LogP contribution in [0.15, 0.2) is 0 Å². The third-order valence-corrected chi connectivity index (χ3v) is 4.61. The van der Waals surface area contributed by atoms with Crippen molar-refractivity contribution in [1.82, 2.24) is 10.2 Å². The lowest BCUT2D eigenvalue weighted by Crippen LogP contribution is -2.56. The smallest absolute Gasteiger partial charge is 0.170 e. The number of likely N-dealkylation sites (tertiary alicyclic amines) is 1. The van der Waals surface area contributed by atoms with Gasteiger partial charge in [0.25, 0.3) is 0 Å². The highest BCUT2D eigenvalue weighted by Crippen LogP contribution is 2.38. The minimum atomic E-state index is -0.260. The Morgan fingerprint density at radius 2 is 1.88 bits per heavy atom. The van der Waals surface area contributed by atoms with Crippen molar-refractivity contribution in [2.24, 2.45) is 0 Å². The normalized spacial score (nSPS) is 37.9. The molecule has 1 N–H and O–H groups in total. The van der Waals surface area contributed by atoms with E-state index in [1.807, 2.05) is 0 Å². The maximum absolute atomic E-state index is 5.84. The summed E-state index contributed by atoms with van der Waals surface area (Å²) in [5, 5.41) is 3.48. The second kappa shape index (κ2) is 4.84. The first-order chi connectivity index (χ1) is 8.33. The van der Waals surface area contributed by atoms with E-state index in [4.69, 9.17) is 9.47 Å². The summed E-state index contributed by atoms with van der Waals surface area (Å²) in [7, 11) is 2.07. The molecule has 0 radical (unpaired) electrons. The summed E-state index contributed by atoms with van der Waals surface area (Å²) in [6, 6.07) is 1.20. The van der Waals surface area contributed by atoms with Crippen LogP contribution in [0, 0.1) is 0 Å². The average molecular weight is 240 g/mol. The highest BCUT2D eigenvalue weighted by atomic mass is 16.7. The van der Waals surface area contributed by atoms with Crippen molar-refractivity contribution in [3.05, 3.63) is 0 Å². The van der Waals surface area contributed by atoms with Crippen LogP contribution in [0.3, 0.4) is 0 Å². The molecule has 17 heavy (non-hydrogen) atoms. The van der Waals surface area contributed by atoms with Gasteiger partial charge in [0.1, 0.15) is 0 Å². The molecule has 2 heterocycles. The molecule has 2 aliphatic heterocycles. The van der Waals surface area contributed by atoms with Crippen LogP contribution in [-0.2, 0) is 9.47 Å². The molecule has 0 aromatic carbocycles. The van der Waals surface area contributed by atoms with Gasteiger partial charge >= 0.3 is 0 Å². The van der Waals surface area contributed by atoms with Gasteiger partial charge in [-0.25, -0.2) is 0 Å². The summed E-state index contributed by atoms with van der Waals surface area (Å²) in [4.78, 5) is 2.66. The maximum Gasteiger partial charge on any atom is 0.170 e. The molecule has 0 aromatic heterocycles. The van der Waals surface area contributed by atoms with Crippen LogP contribution in [0.5, 0.6) is 0 Å². The predicted octanol–water partition coefficient (Wildman–Crippen LogP) is 0.966. The van der Waals surface area contributed by atoms with Gasteiger partial charge in [-0.2, -0.15) is 0 Å². The second-order valence-corrected chi connectivity index (χ2v) is 5.56. The zero-order chi connectivity index (χ0) is 11.7. The van der Waals surface area contributed by atoms with E-state index < -0.39 is 0 Å². The third kappa shape index (κ3) is 2.24. The molecule has 2 saturated heterocycles. The van der Waals surface area contributed by atoms with Gasteiger partial charge in [0.2, 0.25) is 0 Å². The molecule has 98 valence electrons. The molecule has 4 nitrogen and oxygen atoms in total. The van der Waals surface area contributed by atoms with Gasteiger partial charge in [-0.1, -0.05) is 0 Å². The van der Waals surface area contributed by atoms with Crippen molar-refractivity contribution in [1.29, 1.82) is 0 Å². The summed E-state index contributed by atoms with van der Waals surface area (Å²) >= 11 is 0. The minimum Gasteiger partial charge on any atom is -0.347 e. The Morgan fingerprint density at radius 3 is 2.53 bits per heavy atom. The summed E-state index contributed by atoms with van der Waals surface area (Å²) in [5.74, 6) is -0.260. The van der Waals surface area contributed by atoms with Crippen molar-refractivity contribution in [2.45, 2.75) is 50.0 Å². The topological polar surface area (TPSA) is 33.7 Å². The van der Waals surface area contributed by atoms with Gasteiger partial charge < -0.3 is 14.8 Å². The lowest BCUT2D eigenvalue weighted by atomic mass is 9.85. The monoisotopic (exact) mass is 240 g/mol. The molecular weight excluding hydrogens is 216 g/mol. The van der Waals surface area contributed by atoms with Crippen LogP contribution in [0.4, 0.5) is 0 Å². The fraction of sp³-hybridized carbons (Fsp3) is 1.00. The van der Waals surface area contributed by atoms with Crippen molar-refractivity contribution in [3.63, 3.8) is 0 Å². The molecule has 1 aliphatic carbocycles. The van der Waals surface area contributed by atoms with Crippen molar-refractivity contribution in [2.75, 3.05) is 33.4 Å². The van der Waals surface area contributed by atoms with Crippen molar-refractivity contribution >= 4 is 0 Å². The molecule has 0 amide bonds. The summed E-state index contributed by atoms with van der Waals surface area (Å²) in [5.41, 5.74) is 0. The molecule has 2 unspecified atom stereocenters. The molecule has 3 rings (SSSR count). The van der Waals surface area contributed by atoms with E-state index in [1.54, 1.807) is 0 Å². The molecular formula is C13H24N2O2. The van der Waals surface area contributed by atoms with Crippen LogP contribution in [0.2, 0.25) is 0 Å². The largest absolute Gasteiger partial charge is 0.347 e. The van der Waals surface area contributed by atoms with E-state index in [1.165, 1.54) is 32.4 Å². The second-order valence-electron chi connectivity index (χ2n) is 5.56. The highest BCUT2D eigenvalue weighted by Gasteiger charge is 2.46. The standard InChI is InChI=1S/C13H24N2O2/c1-14-11-10-13(16-8-9-17-13)5-4-12(11)15-6-2-3-7-15/h11-12,14H,2-10H2,1H3. The van der Waals surface area contributed by atoms with Gasteiger partial charge in [0.05, 0.1) is 13.2 Å². The van der Waals surface area contributed by atoms with Gasteiger partial charge in [0, 0.05) is 24.9 Å². The number of nitrogens with zero attached hydrogens (tertiary/aromatic N) is 1. The number of nitrogens with one attached hydrogen (secondary N) is 1. The van der Waals surface area contributed by atoms with E-state index in [-0.39, 0.29) is 5.79 Å². The average Bonchev–Trinajstić information content (AvgIpc) is 3.01. The SMILES string of the molecule is CNC1CC2(CCC1N1CCCC1)OCCO2. The lowest BCUT2D eigenvalue weighted by Gasteiger charge is -2.44. The third-order valence-electron chi connectivity index (χ3n) is 4.61.